The average molecular weight is 314 g/mol. The maximum Gasteiger partial charge on any atom is 0.193 e. The van der Waals surface area contributed by atoms with Gasteiger partial charge in [-0.15, -0.1) is 0 Å². The fourth-order valence-electron chi connectivity index (χ4n) is 3.18. The number of carbonyl (C=O) groups excluding carboxylic acids is 1. The topological polar surface area (TPSA) is 17.1 Å². The van der Waals surface area contributed by atoms with Gasteiger partial charge in [0.05, 0.1) is 0 Å². The molecule has 1 nitrogen and oxygen atoms in total. The molecular weight excluding hydrogens is 292 g/mol. The van der Waals surface area contributed by atoms with Crippen molar-refractivity contribution in [1.29, 1.82) is 0 Å². The lowest BCUT2D eigenvalue weighted by atomic mass is 9.86. The molecule has 0 heterocycles. The van der Waals surface area contributed by atoms with Crippen LogP contribution in [-0.2, 0) is 0 Å². The van der Waals surface area contributed by atoms with Gasteiger partial charge in [-0.05, 0) is 67.6 Å². The minimum atomic E-state index is 0.0868. The molecule has 120 valence electrons. The fourth-order valence-corrected chi connectivity index (χ4v) is 3.18. The molecule has 0 aromatic heterocycles. The second kappa shape index (κ2) is 6.45. The minimum Gasteiger partial charge on any atom is -0.289 e. The lowest BCUT2D eigenvalue weighted by Crippen LogP contribution is -2.07. The van der Waals surface area contributed by atoms with Crippen LogP contribution in [0.1, 0.15) is 38.2 Å². The van der Waals surface area contributed by atoms with Gasteiger partial charge in [0, 0.05) is 11.1 Å². The van der Waals surface area contributed by atoms with E-state index in [0.29, 0.717) is 0 Å². The van der Waals surface area contributed by atoms with Crippen molar-refractivity contribution in [3.8, 4) is 11.1 Å². The normalized spacial score (nSPS) is 10.7. The summed E-state index contributed by atoms with van der Waals surface area (Å²) in [4.78, 5) is 13.2. The molecule has 3 rings (SSSR count). The minimum absolute atomic E-state index is 0.0868. The van der Waals surface area contributed by atoms with Crippen molar-refractivity contribution < 1.29 is 4.79 Å². The fraction of sp³-hybridized carbons (Fsp3) is 0.174. The zero-order valence-electron chi connectivity index (χ0n) is 14.7. The van der Waals surface area contributed by atoms with Crippen molar-refractivity contribution in [2.45, 2.75) is 27.7 Å². The first-order valence-electron chi connectivity index (χ1n) is 8.26. The molecule has 0 aliphatic heterocycles. The van der Waals surface area contributed by atoms with E-state index < -0.39 is 0 Å². The zero-order valence-corrected chi connectivity index (χ0v) is 14.7. The van der Waals surface area contributed by atoms with E-state index in [1.54, 1.807) is 0 Å². The molecular formula is C23H22O. The van der Waals surface area contributed by atoms with E-state index in [1.165, 1.54) is 11.1 Å². The molecule has 1 heteroatoms. The van der Waals surface area contributed by atoms with E-state index in [9.17, 15) is 4.79 Å². The van der Waals surface area contributed by atoms with Gasteiger partial charge >= 0.3 is 0 Å². The third-order valence-corrected chi connectivity index (χ3v) is 4.75. The highest BCUT2D eigenvalue weighted by Gasteiger charge is 2.19. The lowest BCUT2D eigenvalue weighted by Gasteiger charge is -2.17. The summed E-state index contributed by atoms with van der Waals surface area (Å²) in [6, 6.07) is 20.0. The standard InChI is InChI=1S/C23H22O/c1-15-9-8-12-20(13-15)23(24)21-14-16(2)17(3)18(4)22(21)19-10-6-5-7-11-19/h5-14H,1-4H3. The highest BCUT2D eigenvalue weighted by molar-refractivity contribution is 6.13. The van der Waals surface area contributed by atoms with E-state index in [1.807, 2.05) is 55.5 Å². The molecule has 24 heavy (non-hydrogen) atoms. The largest absolute Gasteiger partial charge is 0.289 e. The second-order valence-electron chi connectivity index (χ2n) is 6.43. The summed E-state index contributed by atoms with van der Waals surface area (Å²) < 4.78 is 0. The first-order valence-corrected chi connectivity index (χ1v) is 8.26. The first kappa shape index (κ1) is 16.2. The molecule has 0 radical (unpaired) electrons. The van der Waals surface area contributed by atoms with E-state index in [0.717, 1.165) is 33.4 Å². The number of carbonyl (C=O) groups is 1. The van der Waals surface area contributed by atoms with Gasteiger partial charge in [0.15, 0.2) is 5.78 Å². The molecule has 3 aromatic rings. The Morgan fingerprint density at radius 3 is 2.12 bits per heavy atom. The van der Waals surface area contributed by atoms with Gasteiger partial charge in [-0.25, -0.2) is 0 Å². The van der Waals surface area contributed by atoms with Gasteiger partial charge in [-0.1, -0.05) is 54.1 Å². The summed E-state index contributed by atoms with van der Waals surface area (Å²) in [5.74, 6) is 0.0868. The quantitative estimate of drug-likeness (QED) is 0.557. The Morgan fingerprint density at radius 2 is 1.46 bits per heavy atom. The van der Waals surface area contributed by atoms with Crippen molar-refractivity contribution in [1.82, 2.24) is 0 Å². The molecule has 0 aliphatic rings. The molecule has 0 atom stereocenters. The van der Waals surface area contributed by atoms with E-state index in [2.05, 4.69) is 32.9 Å². The Morgan fingerprint density at radius 1 is 0.750 bits per heavy atom. The average Bonchev–Trinajstić information content (AvgIpc) is 2.59. The van der Waals surface area contributed by atoms with Crippen molar-refractivity contribution in [3.63, 3.8) is 0 Å². The Bertz CT molecular complexity index is 905. The monoisotopic (exact) mass is 314 g/mol. The number of hydrogen-bond donors (Lipinski definition) is 0. The smallest absolute Gasteiger partial charge is 0.193 e. The van der Waals surface area contributed by atoms with Crippen LogP contribution in [0.4, 0.5) is 0 Å². The second-order valence-corrected chi connectivity index (χ2v) is 6.43. The molecule has 3 aromatic carbocycles. The highest BCUT2D eigenvalue weighted by atomic mass is 16.1. The van der Waals surface area contributed by atoms with Crippen molar-refractivity contribution >= 4 is 5.78 Å². The third-order valence-electron chi connectivity index (χ3n) is 4.75. The highest BCUT2D eigenvalue weighted by Crippen LogP contribution is 2.33. The van der Waals surface area contributed by atoms with E-state index in [4.69, 9.17) is 0 Å². The molecule has 0 N–H and O–H groups in total. The summed E-state index contributed by atoms with van der Waals surface area (Å²) in [5.41, 5.74) is 8.35. The van der Waals surface area contributed by atoms with Crippen LogP contribution in [0.15, 0.2) is 60.7 Å². The van der Waals surface area contributed by atoms with Gasteiger partial charge in [-0.3, -0.25) is 4.79 Å². The molecule has 0 unspecified atom stereocenters. The maximum atomic E-state index is 13.2. The van der Waals surface area contributed by atoms with Crippen molar-refractivity contribution in [3.05, 3.63) is 94.0 Å². The van der Waals surface area contributed by atoms with Gasteiger partial charge < -0.3 is 0 Å². The molecule has 0 amide bonds. The zero-order chi connectivity index (χ0) is 17.3. The number of rotatable bonds is 3. The molecule has 0 fully saturated rings. The predicted octanol–water partition coefficient (Wildman–Crippen LogP) is 5.82. The van der Waals surface area contributed by atoms with Crippen LogP contribution in [0.3, 0.4) is 0 Å². The van der Waals surface area contributed by atoms with Crippen LogP contribution in [0, 0.1) is 27.7 Å². The molecule has 0 spiro atoms. The number of aryl methyl sites for hydroxylation is 2. The number of hydrogen-bond acceptors (Lipinski definition) is 1. The third kappa shape index (κ3) is 2.90. The summed E-state index contributed by atoms with van der Waals surface area (Å²) in [6.45, 7) is 8.32. The Kier molecular flexibility index (Phi) is 4.35. The molecule has 0 bridgehead atoms. The van der Waals surface area contributed by atoms with Crippen molar-refractivity contribution in [2.75, 3.05) is 0 Å². The molecule has 0 saturated heterocycles. The van der Waals surface area contributed by atoms with Gasteiger partial charge in [0.2, 0.25) is 0 Å². The molecule has 0 saturated carbocycles. The van der Waals surface area contributed by atoms with E-state index in [-0.39, 0.29) is 5.78 Å². The summed E-state index contributed by atoms with van der Waals surface area (Å²) in [6.07, 6.45) is 0. The van der Waals surface area contributed by atoms with Crippen LogP contribution in [0.2, 0.25) is 0 Å². The van der Waals surface area contributed by atoms with Crippen LogP contribution >= 0.6 is 0 Å². The lowest BCUT2D eigenvalue weighted by molar-refractivity contribution is 0.103. The Hall–Kier alpha value is -2.67. The van der Waals surface area contributed by atoms with Crippen LogP contribution in [0.5, 0.6) is 0 Å². The van der Waals surface area contributed by atoms with Crippen molar-refractivity contribution in [2.24, 2.45) is 0 Å². The SMILES string of the molecule is Cc1cccc(C(=O)c2cc(C)c(C)c(C)c2-c2ccccc2)c1. The summed E-state index contributed by atoms with van der Waals surface area (Å²) in [7, 11) is 0. The van der Waals surface area contributed by atoms with Gasteiger partial charge in [0.25, 0.3) is 0 Å². The summed E-state index contributed by atoms with van der Waals surface area (Å²) >= 11 is 0. The van der Waals surface area contributed by atoms with E-state index >= 15 is 0 Å². The maximum absolute atomic E-state index is 13.2. The number of benzene rings is 3. The summed E-state index contributed by atoms with van der Waals surface area (Å²) in [5, 5.41) is 0. The van der Waals surface area contributed by atoms with Crippen LogP contribution in [0.25, 0.3) is 11.1 Å². The van der Waals surface area contributed by atoms with Crippen LogP contribution < -0.4 is 0 Å². The molecule has 0 aliphatic carbocycles. The predicted molar refractivity (Wildman–Crippen MR) is 101 cm³/mol. The Balaban J connectivity index is 2.26. The van der Waals surface area contributed by atoms with Gasteiger partial charge in [-0.2, -0.15) is 0 Å². The van der Waals surface area contributed by atoms with Crippen LogP contribution in [-0.4, -0.2) is 5.78 Å². The first-order chi connectivity index (χ1) is 11.5. The Labute approximate surface area is 144 Å². The van der Waals surface area contributed by atoms with Gasteiger partial charge in [0.1, 0.15) is 0 Å². The number of ketones is 1.